The highest BCUT2D eigenvalue weighted by molar-refractivity contribution is 7.86. The molecule has 0 saturated heterocycles. The quantitative estimate of drug-likeness (QED) is 0.310. The number of hydrogen-bond donors (Lipinski definition) is 1. The molecule has 8 heteroatoms. The maximum absolute atomic E-state index is 14.0. The molecule has 0 spiro atoms. The second-order valence-corrected chi connectivity index (χ2v) is 10.9. The number of carbonyl (C=O) groups is 1. The number of fused-ring (bicyclic) bond motifs is 1. The first-order chi connectivity index (χ1) is 16.1. The van der Waals surface area contributed by atoms with Crippen molar-refractivity contribution in [3.05, 3.63) is 87.9 Å². The molecule has 0 fully saturated rings. The van der Waals surface area contributed by atoms with Gasteiger partial charge in [0.15, 0.2) is 11.0 Å². The second kappa shape index (κ2) is 8.79. The van der Waals surface area contributed by atoms with Gasteiger partial charge >= 0.3 is 5.97 Å². The molecule has 0 aliphatic rings. The average Bonchev–Trinajstić information content (AvgIpc) is 3.55. The van der Waals surface area contributed by atoms with Gasteiger partial charge < -0.3 is 5.11 Å². The van der Waals surface area contributed by atoms with Crippen molar-refractivity contribution in [1.29, 1.82) is 5.26 Å². The van der Waals surface area contributed by atoms with E-state index in [0.29, 0.717) is 14.0 Å². The van der Waals surface area contributed by atoms with Crippen molar-refractivity contribution in [2.45, 2.75) is 10.6 Å². The Hall–Kier alpha value is -3.51. The number of nitrogens with zero attached hydrogens (tertiary/aromatic N) is 2. The van der Waals surface area contributed by atoms with Gasteiger partial charge in [0.2, 0.25) is 0 Å². The highest BCUT2D eigenvalue weighted by atomic mass is 32.2. The number of thiophene rings is 2. The number of carboxylic acid groups (broad SMARTS) is 1. The summed E-state index contributed by atoms with van der Waals surface area (Å²) in [7, 11) is -1.61. The molecule has 0 radical (unpaired) electrons. The molecule has 33 heavy (non-hydrogen) atoms. The summed E-state index contributed by atoms with van der Waals surface area (Å²) in [5, 5.41) is 21.6. The third kappa shape index (κ3) is 3.80. The zero-order valence-electron chi connectivity index (χ0n) is 17.1. The summed E-state index contributed by atoms with van der Waals surface area (Å²) in [5.41, 5.74) is 4.11. The average molecular weight is 489 g/mol. The molecule has 5 aromatic rings. The van der Waals surface area contributed by atoms with E-state index in [-0.39, 0.29) is 6.42 Å². The highest BCUT2D eigenvalue weighted by Crippen LogP contribution is 2.44. The molecule has 0 aliphatic heterocycles. The lowest BCUT2D eigenvalue weighted by Gasteiger charge is -2.11. The van der Waals surface area contributed by atoms with E-state index in [9.17, 15) is 14.3 Å². The fraction of sp³-hybridized carbons (Fsp3) is 0.0400. The number of carboxylic acids is 1. The zero-order valence-corrected chi connectivity index (χ0v) is 19.5. The number of aliphatic carboxylic acids is 1. The monoisotopic (exact) mass is 488 g/mol. The van der Waals surface area contributed by atoms with Crippen LogP contribution in [-0.4, -0.2) is 19.3 Å². The predicted molar refractivity (Wildman–Crippen MR) is 133 cm³/mol. The van der Waals surface area contributed by atoms with Crippen LogP contribution in [0.5, 0.6) is 0 Å². The van der Waals surface area contributed by atoms with Crippen LogP contribution in [0.15, 0.2) is 82.4 Å². The molecule has 0 aliphatic carbocycles. The Morgan fingerprint density at radius 1 is 1.03 bits per heavy atom. The van der Waals surface area contributed by atoms with E-state index in [2.05, 4.69) is 6.07 Å². The molecule has 1 atom stereocenters. The van der Waals surface area contributed by atoms with Gasteiger partial charge in [0.1, 0.15) is 15.2 Å². The molecule has 1 N–H and O–H groups in total. The molecular weight excluding hydrogens is 472 g/mol. The van der Waals surface area contributed by atoms with Gasteiger partial charge in [-0.1, -0.05) is 48.5 Å². The molecule has 1 unspecified atom stereocenters. The SMILES string of the molecule is N#Cc1sccc1-c1c(-c2ccccc2)n(S(=O)c2ccc(CC(=O)O)s2)c2ccccc12. The summed E-state index contributed by atoms with van der Waals surface area (Å²) in [6.07, 6.45) is -0.106. The maximum Gasteiger partial charge on any atom is 0.308 e. The Morgan fingerprint density at radius 3 is 2.55 bits per heavy atom. The van der Waals surface area contributed by atoms with Gasteiger partial charge in [-0.25, -0.2) is 4.21 Å². The summed E-state index contributed by atoms with van der Waals surface area (Å²) in [6, 6.07) is 25.1. The van der Waals surface area contributed by atoms with Crippen LogP contribution in [0.25, 0.3) is 33.3 Å². The van der Waals surface area contributed by atoms with Gasteiger partial charge in [-0.05, 0) is 35.2 Å². The lowest BCUT2D eigenvalue weighted by atomic mass is 9.99. The molecule has 0 saturated carbocycles. The van der Waals surface area contributed by atoms with Gasteiger partial charge in [-0.3, -0.25) is 8.77 Å². The summed E-state index contributed by atoms with van der Waals surface area (Å²) in [4.78, 5) is 12.4. The lowest BCUT2D eigenvalue weighted by Crippen LogP contribution is -2.05. The molecule has 0 bridgehead atoms. The molecule has 162 valence electrons. The molecular formula is C25H16N2O3S3. The molecule has 5 rings (SSSR count). The summed E-state index contributed by atoms with van der Waals surface area (Å²) >= 11 is 2.62. The minimum absolute atomic E-state index is 0.106. The maximum atomic E-state index is 14.0. The highest BCUT2D eigenvalue weighted by Gasteiger charge is 2.26. The largest absolute Gasteiger partial charge is 0.481 e. The van der Waals surface area contributed by atoms with E-state index in [1.165, 1.54) is 22.7 Å². The number of hydrogen-bond acceptors (Lipinski definition) is 5. The van der Waals surface area contributed by atoms with Crippen molar-refractivity contribution in [3.8, 4) is 28.5 Å². The minimum Gasteiger partial charge on any atom is -0.481 e. The van der Waals surface area contributed by atoms with E-state index in [0.717, 1.165) is 33.3 Å². The van der Waals surface area contributed by atoms with Gasteiger partial charge in [0.05, 0.1) is 17.6 Å². The first-order valence-electron chi connectivity index (χ1n) is 9.98. The number of aromatic nitrogens is 1. The third-order valence-corrected chi connectivity index (χ3v) is 8.78. The van der Waals surface area contributed by atoms with Gasteiger partial charge in [-0.15, -0.1) is 22.7 Å². The van der Waals surface area contributed by atoms with E-state index < -0.39 is 17.0 Å². The standard InChI is InChI=1S/C25H16N2O3S3/c26-15-21-19(12-13-31-21)24-18-8-4-5-9-20(18)27(25(24)16-6-2-1-3-7-16)33(30)23-11-10-17(32-23)14-22(28)29/h1-13H,14H2,(H,28,29). The van der Waals surface area contributed by atoms with Crippen molar-refractivity contribution in [3.63, 3.8) is 0 Å². The lowest BCUT2D eigenvalue weighted by molar-refractivity contribution is -0.136. The van der Waals surface area contributed by atoms with Crippen molar-refractivity contribution in [2.24, 2.45) is 0 Å². The molecule has 3 aromatic heterocycles. The topological polar surface area (TPSA) is 83.1 Å². The van der Waals surface area contributed by atoms with E-state index in [1.54, 1.807) is 16.1 Å². The number of benzene rings is 2. The Balaban J connectivity index is 1.82. The van der Waals surface area contributed by atoms with Crippen LogP contribution in [-0.2, 0) is 22.2 Å². The minimum atomic E-state index is -1.61. The zero-order chi connectivity index (χ0) is 22.9. The third-order valence-electron chi connectivity index (χ3n) is 5.22. The number of para-hydroxylation sites is 1. The summed E-state index contributed by atoms with van der Waals surface area (Å²) in [5.74, 6) is -0.922. The molecule has 2 aromatic carbocycles. The van der Waals surface area contributed by atoms with Gasteiger partial charge in [0.25, 0.3) is 0 Å². The van der Waals surface area contributed by atoms with E-state index in [1.807, 2.05) is 66.0 Å². The fourth-order valence-electron chi connectivity index (χ4n) is 3.89. The predicted octanol–water partition coefficient (Wildman–Crippen LogP) is 6.17. The first kappa shape index (κ1) is 21.3. The first-order valence-corrected chi connectivity index (χ1v) is 12.8. The van der Waals surface area contributed by atoms with Crippen molar-refractivity contribution in [1.82, 2.24) is 3.97 Å². The summed E-state index contributed by atoms with van der Waals surface area (Å²) < 4.78 is 16.3. The Kier molecular flexibility index (Phi) is 5.68. The van der Waals surface area contributed by atoms with E-state index >= 15 is 0 Å². The van der Waals surface area contributed by atoms with Crippen LogP contribution in [0.3, 0.4) is 0 Å². The van der Waals surface area contributed by atoms with Crippen LogP contribution in [0.4, 0.5) is 0 Å². The van der Waals surface area contributed by atoms with Crippen molar-refractivity contribution in [2.75, 3.05) is 0 Å². The van der Waals surface area contributed by atoms with Gasteiger partial charge in [0, 0.05) is 21.4 Å². The number of rotatable bonds is 6. The number of nitriles is 1. The molecule has 5 nitrogen and oxygen atoms in total. The molecule has 0 amide bonds. The van der Waals surface area contributed by atoms with Crippen LogP contribution >= 0.6 is 22.7 Å². The Labute approximate surface area is 200 Å². The normalized spacial score (nSPS) is 12.0. The smallest absolute Gasteiger partial charge is 0.308 e. The van der Waals surface area contributed by atoms with Crippen LogP contribution in [0, 0.1) is 11.3 Å². The van der Waals surface area contributed by atoms with Crippen LogP contribution in [0.1, 0.15) is 9.75 Å². The van der Waals surface area contributed by atoms with Crippen molar-refractivity contribution < 1.29 is 14.1 Å². The summed E-state index contributed by atoms with van der Waals surface area (Å²) in [6.45, 7) is 0. The van der Waals surface area contributed by atoms with Crippen LogP contribution in [0.2, 0.25) is 0 Å². The molecule has 3 heterocycles. The second-order valence-electron chi connectivity index (χ2n) is 7.22. The van der Waals surface area contributed by atoms with Crippen LogP contribution < -0.4 is 0 Å². The Bertz CT molecular complexity index is 1550. The van der Waals surface area contributed by atoms with Gasteiger partial charge in [-0.2, -0.15) is 5.26 Å². The Morgan fingerprint density at radius 2 is 1.79 bits per heavy atom. The van der Waals surface area contributed by atoms with E-state index in [4.69, 9.17) is 5.11 Å². The van der Waals surface area contributed by atoms with Crippen molar-refractivity contribution >= 4 is 50.5 Å². The fourth-order valence-corrected chi connectivity index (χ4v) is 7.20.